The first-order valence-corrected chi connectivity index (χ1v) is 46.0. The first kappa shape index (κ1) is 103. The number of methoxy groups -OCH3 is 3. The number of ether oxygens (including phenoxy) is 8. The van der Waals surface area contributed by atoms with E-state index in [-0.39, 0.29) is 13.2 Å². The van der Waals surface area contributed by atoms with Crippen LogP contribution in [0.15, 0.2) is 97.1 Å². The minimum absolute atomic E-state index is 0.102. The molecule has 26 nitrogen and oxygen atoms in total. The van der Waals surface area contributed by atoms with E-state index in [0.29, 0.717) is 46.1 Å². The summed E-state index contributed by atoms with van der Waals surface area (Å²) in [5.74, 6) is 6.98. The summed E-state index contributed by atoms with van der Waals surface area (Å²) in [4.78, 5) is 6.68. The van der Waals surface area contributed by atoms with Crippen molar-refractivity contribution in [2.75, 3.05) is 113 Å². The molecule has 0 spiro atoms. The molecule has 20 N–H and O–H groups in total. The Morgan fingerprint density at radius 1 is 0.258 bits per heavy atom. The number of fused-ring (bicyclic) bond motifs is 8. The maximum absolute atomic E-state index is 9.23. The third kappa shape index (κ3) is 20.0. The SMILES string of the molecule is CCOc1ccc(N)c2c(C)c(C)[nH]c12.CCOc1ccc(N)c2c(C)c(C)n(C)c12.CCOc1ccc(N)c2c(C)c(C)n(CCO)c12.CCOc1ccc(N)c2c(CC)c(C)[nH]c12.CCOc1ccc(N)c2c(CC)c(C)n(C)c12.CCc1c(C)n(C)c2c(OC)ccc(N)c12.CCc1c(C)n(C)c2c(OC)ccc(N)c12.CCc1c(C)n(CCO)c2c(OC)ccc(N)c12. The van der Waals surface area contributed by atoms with E-state index in [1.165, 1.54) is 67.4 Å². The molecule has 0 fully saturated rings. The van der Waals surface area contributed by atoms with Gasteiger partial charge in [0.2, 0.25) is 0 Å². The number of aliphatic hydroxyl groups excluding tert-OH is 2. The zero-order valence-corrected chi connectivity index (χ0v) is 83.6. The molecule has 16 rings (SSSR count). The van der Waals surface area contributed by atoms with Gasteiger partial charge in [0.25, 0.3) is 0 Å². The van der Waals surface area contributed by atoms with Gasteiger partial charge in [0, 0.05) is 175 Å². The minimum Gasteiger partial charge on any atom is -0.495 e. The van der Waals surface area contributed by atoms with Crippen molar-refractivity contribution in [3.05, 3.63) is 187 Å². The summed E-state index contributed by atoms with van der Waals surface area (Å²) in [6.07, 6.45) is 4.85. The maximum atomic E-state index is 9.23. The number of aromatic nitrogens is 8. The summed E-state index contributed by atoms with van der Waals surface area (Å²) < 4.78 is 57.2. The Balaban J connectivity index is 0.000000170. The van der Waals surface area contributed by atoms with Gasteiger partial charge in [-0.25, -0.2) is 0 Å². The molecule has 26 heteroatoms. The minimum atomic E-state index is 0.102. The van der Waals surface area contributed by atoms with E-state index in [9.17, 15) is 10.2 Å². The number of H-pyrrole nitrogens is 2. The lowest BCUT2D eigenvalue weighted by Crippen LogP contribution is -2.05. The van der Waals surface area contributed by atoms with Gasteiger partial charge in [-0.3, -0.25) is 0 Å². The zero-order valence-electron chi connectivity index (χ0n) is 83.6. The average molecular weight is 1810 g/mol. The van der Waals surface area contributed by atoms with Gasteiger partial charge in [-0.05, 0) is 284 Å². The molecule has 8 aromatic carbocycles. The van der Waals surface area contributed by atoms with Gasteiger partial charge in [-0.1, -0.05) is 34.6 Å². The summed E-state index contributed by atoms with van der Waals surface area (Å²) in [6.45, 7) is 48.2. The summed E-state index contributed by atoms with van der Waals surface area (Å²) >= 11 is 0. The molecule has 0 aliphatic heterocycles. The maximum Gasteiger partial charge on any atom is 0.143 e. The molecule has 0 saturated carbocycles. The number of nitrogens with one attached hydrogen (secondary N) is 2. The smallest absolute Gasteiger partial charge is 0.143 e. The predicted octanol–water partition coefficient (Wildman–Crippen LogP) is 21.2. The number of hydrogen-bond acceptors (Lipinski definition) is 18. The van der Waals surface area contributed by atoms with E-state index in [1.807, 2.05) is 153 Å². The molecule has 0 atom stereocenters. The fourth-order valence-electron chi connectivity index (χ4n) is 18.7. The monoisotopic (exact) mass is 1810 g/mol. The largest absolute Gasteiger partial charge is 0.495 e. The molecule has 712 valence electrons. The number of aliphatic hydroxyl groups is 2. The molecule has 0 saturated heterocycles. The number of nitrogens with zero attached hydrogens (tertiary/aromatic N) is 6. The normalized spacial score (nSPS) is 11.0. The highest BCUT2D eigenvalue weighted by molar-refractivity contribution is 6.05. The van der Waals surface area contributed by atoms with Gasteiger partial charge in [0.1, 0.15) is 46.0 Å². The van der Waals surface area contributed by atoms with Crippen molar-refractivity contribution >= 4 is 133 Å². The van der Waals surface area contributed by atoms with Crippen LogP contribution in [0.4, 0.5) is 45.5 Å². The topological polar surface area (TPSA) is 384 Å². The van der Waals surface area contributed by atoms with E-state index in [4.69, 9.17) is 83.8 Å². The van der Waals surface area contributed by atoms with E-state index in [2.05, 4.69) is 155 Å². The van der Waals surface area contributed by atoms with Crippen LogP contribution in [0.2, 0.25) is 0 Å². The standard InChI is InChI=1S/2C14H20N2O2.C14H20N2O.4C13H18N2O.C12H16N2O/c1-4-10-9(2)16(7-8-17)14-12(18-3)6-5-11(15)13(10)14;1-4-18-12-6-5-11(15)13-9(2)10(3)16(7-8-17)14(12)13;1-5-10-9(3)16(4)14-12(17-6-2)8-7-11(15)13(10)14;2*1-5-9-8(2)15(3)13-11(16-4)7-6-10(14)12(9)13;1-5-16-11-7-6-10(14)12-8(2)9(3)15(4)13(11)12;1-4-9-8(3)15-13-11(16-5-2)7-6-10(14)12(9)13;1-4-15-10-6-5-9(13)11-7(2)8(3)14-12(10)11/h2*5-6,17H,4,7-8,15H2,1-3H3;7-8H,5-6,15H2,1-4H3;3*6-7H,5,14H2,1-4H3;6-7,15H,4-5,14H2,1-3H3;5-6,14H,4,13H2,1-3H3. The molecule has 0 bridgehead atoms. The third-order valence-electron chi connectivity index (χ3n) is 25.8. The summed E-state index contributed by atoms with van der Waals surface area (Å²) in [7, 11) is 13.3. The molecule has 8 aromatic heterocycles. The Labute approximate surface area is 779 Å². The van der Waals surface area contributed by atoms with Gasteiger partial charge in [0.15, 0.2) is 0 Å². The van der Waals surface area contributed by atoms with Crippen molar-refractivity contribution < 1.29 is 48.1 Å². The first-order valence-electron chi connectivity index (χ1n) is 46.0. The third-order valence-corrected chi connectivity index (χ3v) is 25.8. The molecule has 0 radical (unpaired) electrons. The van der Waals surface area contributed by atoms with Gasteiger partial charge in [0.05, 0.1) is 112 Å². The Bertz CT molecular complexity index is 6640. The van der Waals surface area contributed by atoms with Crippen molar-refractivity contribution in [1.82, 2.24) is 37.4 Å². The second kappa shape index (κ2) is 45.1. The fourth-order valence-corrected chi connectivity index (χ4v) is 18.7. The Morgan fingerprint density at radius 3 is 0.856 bits per heavy atom. The fraction of sp³-hybridized carbons (Fsp3) is 0.396. The number of rotatable bonds is 22. The highest BCUT2D eigenvalue weighted by Gasteiger charge is 2.25. The van der Waals surface area contributed by atoms with E-state index in [1.54, 1.807) is 21.3 Å². The van der Waals surface area contributed by atoms with Crippen molar-refractivity contribution in [3.8, 4) is 46.0 Å². The predicted molar refractivity (Wildman–Crippen MR) is 556 cm³/mol. The molecule has 0 aliphatic carbocycles. The summed E-state index contributed by atoms with van der Waals surface area (Å²) in [6, 6.07) is 30.6. The average Bonchev–Trinajstić information content (AvgIpc) is 1.61. The molecular weight excluding hydrogens is 1660 g/mol. The van der Waals surface area contributed by atoms with Crippen LogP contribution < -0.4 is 83.8 Å². The van der Waals surface area contributed by atoms with Crippen LogP contribution in [0.5, 0.6) is 46.0 Å². The lowest BCUT2D eigenvalue weighted by Gasteiger charge is -2.11. The van der Waals surface area contributed by atoms with E-state index < -0.39 is 0 Å². The van der Waals surface area contributed by atoms with Gasteiger partial charge in [-0.2, -0.15) is 0 Å². The van der Waals surface area contributed by atoms with Crippen LogP contribution in [0, 0.1) is 76.2 Å². The lowest BCUT2D eigenvalue weighted by molar-refractivity contribution is 0.276. The van der Waals surface area contributed by atoms with Crippen LogP contribution in [-0.4, -0.2) is 115 Å². The zero-order chi connectivity index (χ0) is 97.5. The Hall–Kier alpha value is -13.2. The molecule has 16 aromatic rings. The van der Waals surface area contributed by atoms with Crippen LogP contribution in [0.3, 0.4) is 0 Å². The van der Waals surface area contributed by atoms with Crippen LogP contribution in [-0.2, 0) is 73.4 Å². The second-order valence-corrected chi connectivity index (χ2v) is 32.9. The molecule has 8 heterocycles. The number of anilines is 8. The van der Waals surface area contributed by atoms with Gasteiger partial charge in [-0.15, -0.1) is 0 Å². The molecule has 0 aliphatic rings. The number of aromatic amines is 2. The first-order chi connectivity index (χ1) is 63.0. The number of nitrogens with two attached hydrogens (primary N) is 8. The molecule has 0 amide bonds. The Kier molecular flexibility index (Phi) is 35.0. The van der Waals surface area contributed by atoms with Gasteiger partial charge < -0.3 is 131 Å². The molecule has 132 heavy (non-hydrogen) atoms. The van der Waals surface area contributed by atoms with E-state index >= 15 is 0 Å². The van der Waals surface area contributed by atoms with Crippen molar-refractivity contribution in [3.63, 3.8) is 0 Å². The van der Waals surface area contributed by atoms with Crippen molar-refractivity contribution in [2.45, 2.75) is 191 Å². The Morgan fingerprint density at radius 2 is 0.500 bits per heavy atom. The molecular formula is C106H148N16O10. The highest BCUT2D eigenvalue weighted by Crippen LogP contribution is 2.44. The number of hydrogen-bond donors (Lipinski definition) is 12. The quantitative estimate of drug-likeness (QED) is 0.0280. The number of nitrogen functional groups attached to an aromatic ring is 8. The number of benzene rings is 8. The summed E-state index contributed by atoms with van der Waals surface area (Å²) in [5.41, 5.74) is 83.0. The van der Waals surface area contributed by atoms with Crippen LogP contribution in [0.1, 0.15) is 159 Å². The van der Waals surface area contributed by atoms with Crippen molar-refractivity contribution in [1.29, 1.82) is 0 Å². The highest BCUT2D eigenvalue weighted by atomic mass is 16.5. The van der Waals surface area contributed by atoms with E-state index in [0.717, 1.165) is 233 Å². The van der Waals surface area contributed by atoms with Crippen molar-refractivity contribution in [2.24, 2.45) is 28.2 Å². The molecule has 0 unspecified atom stereocenters. The second-order valence-electron chi connectivity index (χ2n) is 32.9. The number of aryl methyl sites for hydroxylation is 14. The lowest BCUT2D eigenvalue weighted by atomic mass is 10.1. The van der Waals surface area contributed by atoms with Crippen LogP contribution in [0.25, 0.3) is 87.2 Å². The summed E-state index contributed by atoms with van der Waals surface area (Å²) in [5, 5.41) is 27.3. The van der Waals surface area contributed by atoms with Crippen LogP contribution >= 0.6 is 0 Å². The van der Waals surface area contributed by atoms with Gasteiger partial charge >= 0.3 is 0 Å².